The van der Waals surface area contributed by atoms with Crippen molar-refractivity contribution in [2.24, 2.45) is 0 Å². The van der Waals surface area contributed by atoms with Crippen molar-refractivity contribution in [1.82, 2.24) is 0 Å². The summed E-state index contributed by atoms with van der Waals surface area (Å²) in [6.45, 7) is 5.83. The quantitative estimate of drug-likeness (QED) is 0.910. The van der Waals surface area contributed by atoms with Gasteiger partial charge in [-0.15, -0.1) is 0 Å². The first-order valence-electron chi connectivity index (χ1n) is 7.49. The predicted octanol–water partition coefficient (Wildman–Crippen LogP) is 3.93. The van der Waals surface area contributed by atoms with Gasteiger partial charge in [-0.05, 0) is 38.5 Å². The minimum atomic E-state index is -0.665. The highest BCUT2D eigenvalue weighted by Crippen LogP contribution is 2.31. The van der Waals surface area contributed by atoms with Gasteiger partial charge in [-0.3, -0.25) is 4.79 Å². The molecular formula is C19H23NO3. The van der Waals surface area contributed by atoms with Crippen molar-refractivity contribution in [2.45, 2.75) is 26.2 Å². The highest BCUT2D eigenvalue weighted by Gasteiger charge is 2.30. The second kappa shape index (κ2) is 6.73. The highest BCUT2D eigenvalue weighted by molar-refractivity contribution is 5.99. The third-order valence-electron chi connectivity index (χ3n) is 4.00. The Hall–Kier alpha value is -2.49. The Kier molecular flexibility index (Phi) is 4.94. The van der Waals surface area contributed by atoms with Gasteiger partial charge in [-0.1, -0.05) is 29.8 Å². The van der Waals surface area contributed by atoms with Crippen LogP contribution in [-0.2, 0) is 10.2 Å². The van der Waals surface area contributed by atoms with Gasteiger partial charge in [0, 0.05) is 6.07 Å². The van der Waals surface area contributed by atoms with Gasteiger partial charge in [0.1, 0.15) is 11.5 Å². The average molecular weight is 313 g/mol. The molecule has 0 fully saturated rings. The molecule has 0 heterocycles. The van der Waals surface area contributed by atoms with Crippen molar-refractivity contribution in [3.63, 3.8) is 0 Å². The van der Waals surface area contributed by atoms with Gasteiger partial charge in [0.25, 0.3) is 0 Å². The van der Waals surface area contributed by atoms with Gasteiger partial charge in [0.15, 0.2) is 0 Å². The normalized spacial score (nSPS) is 11.0. The van der Waals surface area contributed by atoms with Gasteiger partial charge in [0.05, 0.1) is 25.3 Å². The molecule has 4 nitrogen and oxygen atoms in total. The standard InChI is InChI=1S/C19H23NO3/c1-13-6-8-14(9-7-13)19(2,3)18(21)20-16-12-15(22-4)10-11-17(16)23-5/h6-12H,1-5H3,(H,20,21). The molecule has 2 aromatic carbocycles. The lowest BCUT2D eigenvalue weighted by atomic mass is 9.83. The number of carbonyl (C=O) groups excluding carboxylic acids is 1. The molecule has 2 rings (SSSR count). The molecular weight excluding hydrogens is 290 g/mol. The SMILES string of the molecule is COc1ccc(OC)c(NC(=O)C(C)(C)c2ccc(C)cc2)c1. The predicted molar refractivity (Wildman–Crippen MR) is 92.4 cm³/mol. The Morgan fingerprint density at radius 1 is 1.00 bits per heavy atom. The molecule has 0 bridgehead atoms. The minimum Gasteiger partial charge on any atom is -0.497 e. The number of amides is 1. The fourth-order valence-corrected chi connectivity index (χ4v) is 2.29. The number of methoxy groups -OCH3 is 2. The fraction of sp³-hybridized carbons (Fsp3) is 0.316. The summed E-state index contributed by atoms with van der Waals surface area (Å²) >= 11 is 0. The molecule has 4 heteroatoms. The fourth-order valence-electron chi connectivity index (χ4n) is 2.29. The molecule has 0 saturated heterocycles. The highest BCUT2D eigenvalue weighted by atomic mass is 16.5. The number of rotatable bonds is 5. The number of anilines is 1. The number of aryl methyl sites for hydroxylation is 1. The van der Waals surface area contributed by atoms with Crippen LogP contribution in [0.2, 0.25) is 0 Å². The molecule has 0 unspecified atom stereocenters. The number of ether oxygens (including phenoxy) is 2. The summed E-state index contributed by atoms with van der Waals surface area (Å²) in [5.74, 6) is 1.15. The van der Waals surface area contributed by atoms with Crippen LogP contribution >= 0.6 is 0 Å². The Labute approximate surface area is 137 Å². The molecule has 0 radical (unpaired) electrons. The average Bonchev–Trinajstić information content (AvgIpc) is 2.55. The number of carbonyl (C=O) groups is 1. The third kappa shape index (κ3) is 3.65. The monoisotopic (exact) mass is 313 g/mol. The van der Waals surface area contributed by atoms with Crippen LogP contribution in [-0.4, -0.2) is 20.1 Å². The van der Waals surface area contributed by atoms with Crippen LogP contribution in [0, 0.1) is 6.92 Å². The van der Waals surface area contributed by atoms with Crippen molar-refractivity contribution in [3.8, 4) is 11.5 Å². The molecule has 122 valence electrons. The first-order chi connectivity index (χ1) is 10.9. The number of hydrogen-bond acceptors (Lipinski definition) is 3. The molecule has 1 amide bonds. The Balaban J connectivity index is 2.28. The van der Waals surface area contributed by atoms with E-state index in [1.807, 2.05) is 45.0 Å². The van der Waals surface area contributed by atoms with Gasteiger partial charge < -0.3 is 14.8 Å². The zero-order valence-corrected chi connectivity index (χ0v) is 14.3. The summed E-state index contributed by atoms with van der Waals surface area (Å²) in [6.07, 6.45) is 0. The molecule has 0 saturated carbocycles. The molecule has 23 heavy (non-hydrogen) atoms. The molecule has 0 aliphatic heterocycles. The Bertz CT molecular complexity index is 690. The van der Waals surface area contributed by atoms with Crippen molar-refractivity contribution in [2.75, 3.05) is 19.5 Å². The van der Waals surface area contributed by atoms with Crippen LogP contribution in [0.4, 0.5) is 5.69 Å². The first-order valence-corrected chi connectivity index (χ1v) is 7.49. The molecule has 2 aromatic rings. The largest absolute Gasteiger partial charge is 0.497 e. The van der Waals surface area contributed by atoms with Gasteiger partial charge in [-0.2, -0.15) is 0 Å². The summed E-state index contributed by atoms with van der Waals surface area (Å²) in [4.78, 5) is 12.8. The van der Waals surface area contributed by atoms with Crippen LogP contribution in [0.15, 0.2) is 42.5 Å². The zero-order chi connectivity index (χ0) is 17.0. The van der Waals surface area contributed by atoms with E-state index in [0.29, 0.717) is 17.2 Å². The van der Waals surface area contributed by atoms with E-state index in [-0.39, 0.29) is 5.91 Å². The summed E-state index contributed by atoms with van der Waals surface area (Å²) in [6, 6.07) is 13.3. The van der Waals surface area contributed by atoms with Crippen LogP contribution in [0.3, 0.4) is 0 Å². The van der Waals surface area contributed by atoms with E-state index >= 15 is 0 Å². The maximum Gasteiger partial charge on any atom is 0.234 e. The van der Waals surface area contributed by atoms with Gasteiger partial charge >= 0.3 is 0 Å². The number of hydrogen-bond donors (Lipinski definition) is 1. The molecule has 0 atom stereocenters. The van der Waals surface area contributed by atoms with Crippen molar-refractivity contribution in [3.05, 3.63) is 53.6 Å². The molecule has 0 aliphatic carbocycles. The third-order valence-corrected chi connectivity index (χ3v) is 4.00. The van der Waals surface area contributed by atoms with E-state index in [0.717, 1.165) is 5.56 Å². The van der Waals surface area contributed by atoms with Crippen LogP contribution in [0.25, 0.3) is 0 Å². The van der Waals surface area contributed by atoms with Crippen LogP contribution < -0.4 is 14.8 Å². The van der Waals surface area contributed by atoms with E-state index in [2.05, 4.69) is 5.32 Å². The van der Waals surface area contributed by atoms with Crippen LogP contribution in [0.5, 0.6) is 11.5 Å². The molecule has 0 aliphatic rings. The summed E-state index contributed by atoms with van der Waals surface area (Å²) in [7, 11) is 3.16. The zero-order valence-electron chi connectivity index (χ0n) is 14.3. The van der Waals surface area contributed by atoms with E-state index in [1.54, 1.807) is 32.4 Å². The Morgan fingerprint density at radius 3 is 2.22 bits per heavy atom. The number of benzene rings is 2. The van der Waals surface area contributed by atoms with E-state index in [4.69, 9.17) is 9.47 Å². The van der Waals surface area contributed by atoms with E-state index in [1.165, 1.54) is 5.56 Å². The first kappa shape index (κ1) is 16.9. The maximum absolute atomic E-state index is 12.8. The summed E-state index contributed by atoms with van der Waals surface area (Å²) in [5, 5.41) is 2.95. The molecule has 1 N–H and O–H groups in total. The van der Waals surface area contributed by atoms with Crippen molar-refractivity contribution in [1.29, 1.82) is 0 Å². The smallest absolute Gasteiger partial charge is 0.234 e. The lowest BCUT2D eigenvalue weighted by Crippen LogP contribution is -2.34. The second-order valence-electron chi connectivity index (χ2n) is 6.01. The van der Waals surface area contributed by atoms with Gasteiger partial charge in [-0.25, -0.2) is 0 Å². The van der Waals surface area contributed by atoms with Crippen LogP contribution in [0.1, 0.15) is 25.0 Å². The lowest BCUT2D eigenvalue weighted by molar-refractivity contribution is -0.120. The summed E-state index contributed by atoms with van der Waals surface area (Å²) < 4.78 is 10.5. The summed E-state index contributed by atoms with van der Waals surface area (Å²) in [5.41, 5.74) is 2.06. The van der Waals surface area contributed by atoms with Crippen molar-refractivity contribution < 1.29 is 14.3 Å². The minimum absolute atomic E-state index is 0.104. The number of nitrogens with one attached hydrogen (secondary N) is 1. The molecule has 0 spiro atoms. The Morgan fingerprint density at radius 2 is 1.65 bits per heavy atom. The topological polar surface area (TPSA) is 47.6 Å². The van der Waals surface area contributed by atoms with Crippen molar-refractivity contribution >= 4 is 11.6 Å². The lowest BCUT2D eigenvalue weighted by Gasteiger charge is -2.25. The maximum atomic E-state index is 12.8. The molecule has 0 aromatic heterocycles. The van der Waals surface area contributed by atoms with Gasteiger partial charge in [0.2, 0.25) is 5.91 Å². The van der Waals surface area contributed by atoms with E-state index in [9.17, 15) is 4.79 Å². The second-order valence-corrected chi connectivity index (χ2v) is 6.01. The van der Waals surface area contributed by atoms with E-state index < -0.39 is 5.41 Å².